The molecule has 2 atom stereocenters. The molecule has 27 heavy (non-hydrogen) atoms. The summed E-state index contributed by atoms with van der Waals surface area (Å²) < 4.78 is 5.57. The average molecular weight is 370 g/mol. The van der Waals surface area contributed by atoms with Gasteiger partial charge in [0.15, 0.2) is 0 Å². The van der Waals surface area contributed by atoms with Gasteiger partial charge in [0.05, 0.1) is 16.7 Å². The van der Waals surface area contributed by atoms with Crippen LogP contribution >= 0.6 is 0 Å². The molecule has 0 bridgehead atoms. The Bertz CT molecular complexity index is 840. The molecule has 1 aliphatic rings. The number of pyridine rings is 1. The molecule has 146 valence electrons. The number of hydrogen-bond acceptors (Lipinski definition) is 5. The van der Waals surface area contributed by atoms with Crippen molar-refractivity contribution in [2.24, 2.45) is 11.8 Å². The Morgan fingerprint density at radius 3 is 2.44 bits per heavy atom. The lowest BCUT2D eigenvalue weighted by Gasteiger charge is -2.46. The molecule has 5 heteroatoms. The largest absolute Gasteiger partial charge is 0.456 e. The number of benzene rings is 1. The van der Waals surface area contributed by atoms with Crippen LogP contribution in [-0.4, -0.2) is 40.4 Å². The minimum Gasteiger partial charge on any atom is -0.456 e. The number of aliphatic hydroxyl groups is 1. The van der Waals surface area contributed by atoms with Crippen LogP contribution < -0.4 is 4.90 Å². The molecule has 1 saturated heterocycles. The number of esters is 1. The van der Waals surface area contributed by atoms with E-state index in [1.54, 1.807) is 12.3 Å². The topological polar surface area (TPSA) is 62.7 Å². The molecule has 5 nitrogen and oxygen atoms in total. The van der Waals surface area contributed by atoms with Gasteiger partial charge in [0, 0.05) is 42.2 Å². The highest BCUT2D eigenvalue weighted by Gasteiger charge is 2.40. The van der Waals surface area contributed by atoms with Crippen LogP contribution in [0, 0.1) is 11.8 Å². The summed E-state index contributed by atoms with van der Waals surface area (Å²) >= 11 is 0. The predicted molar refractivity (Wildman–Crippen MR) is 108 cm³/mol. The summed E-state index contributed by atoms with van der Waals surface area (Å²) in [5.41, 5.74) is 1.12. The standard InChI is InChI=1S/C22H30N2O3/c1-14-12-24(13-15(2)22(14,6)26)16-7-8-19-18(11-16)17(9-10-23-19)20(25)27-21(3,4)5/h7-11,14-15,26H,12-13H2,1-6H3. The third-order valence-electron chi connectivity index (χ3n) is 5.69. The number of carbonyl (C=O) groups is 1. The molecule has 1 N–H and O–H groups in total. The van der Waals surface area contributed by atoms with Gasteiger partial charge < -0.3 is 14.7 Å². The molecule has 0 radical (unpaired) electrons. The Hall–Kier alpha value is -2.14. The van der Waals surface area contributed by atoms with Gasteiger partial charge in [-0.15, -0.1) is 0 Å². The van der Waals surface area contributed by atoms with Gasteiger partial charge in [-0.25, -0.2) is 4.79 Å². The van der Waals surface area contributed by atoms with Crippen LogP contribution in [0.4, 0.5) is 5.69 Å². The van der Waals surface area contributed by atoms with Crippen LogP contribution in [0.3, 0.4) is 0 Å². The van der Waals surface area contributed by atoms with Gasteiger partial charge >= 0.3 is 5.97 Å². The van der Waals surface area contributed by atoms with E-state index < -0.39 is 11.2 Å². The summed E-state index contributed by atoms with van der Waals surface area (Å²) in [7, 11) is 0. The molecule has 0 spiro atoms. The average Bonchev–Trinajstić information content (AvgIpc) is 2.57. The lowest BCUT2D eigenvalue weighted by molar-refractivity contribution is -0.0503. The number of aromatic nitrogens is 1. The van der Waals surface area contributed by atoms with Crippen molar-refractivity contribution in [3.8, 4) is 0 Å². The first-order valence-corrected chi connectivity index (χ1v) is 9.58. The van der Waals surface area contributed by atoms with E-state index in [4.69, 9.17) is 4.74 Å². The summed E-state index contributed by atoms with van der Waals surface area (Å²) in [5.74, 6) is -0.0392. The maximum atomic E-state index is 12.7. The van der Waals surface area contributed by atoms with Gasteiger partial charge in [0.2, 0.25) is 0 Å². The van der Waals surface area contributed by atoms with E-state index in [-0.39, 0.29) is 17.8 Å². The molecule has 0 saturated carbocycles. The van der Waals surface area contributed by atoms with Crippen molar-refractivity contribution in [2.45, 2.75) is 52.7 Å². The fourth-order valence-corrected chi connectivity index (χ4v) is 3.64. The summed E-state index contributed by atoms with van der Waals surface area (Å²) in [5, 5.41) is 11.5. The molecule has 2 heterocycles. The maximum absolute atomic E-state index is 12.7. The Kier molecular flexibility index (Phi) is 4.93. The van der Waals surface area contributed by atoms with Gasteiger partial charge in [-0.3, -0.25) is 4.98 Å². The van der Waals surface area contributed by atoms with Crippen LogP contribution in [0.5, 0.6) is 0 Å². The molecule has 2 unspecified atom stereocenters. The Balaban J connectivity index is 1.98. The monoisotopic (exact) mass is 370 g/mol. The van der Waals surface area contributed by atoms with Crippen molar-refractivity contribution in [3.63, 3.8) is 0 Å². The van der Waals surface area contributed by atoms with Crippen molar-refractivity contribution in [3.05, 3.63) is 36.0 Å². The number of carbonyl (C=O) groups excluding carboxylic acids is 1. The smallest absolute Gasteiger partial charge is 0.339 e. The van der Waals surface area contributed by atoms with Crippen molar-refractivity contribution in [1.29, 1.82) is 0 Å². The Morgan fingerprint density at radius 2 is 1.85 bits per heavy atom. The van der Waals surface area contributed by atoms with E-state index in [2.05, 4.69) is 23.7 Å². The number of fused-ring (bicyclic) bond motifs is 1. The number of anilines is 1. The third-order valence-corrected chi connectivity index (χ3v) is 5.69. The fourth-order valence-electron chi connectivity index (χ4n) is 3.64. The van der Waals surface area contributed by atoms with Crippen molar-refractivity contribution in [1.82, 2.24) is 4.98 Å². The lowest BCUT2D eigenvalue weighted by atomic mass is 9.76. The van der Waals surface area contributed by atoms with Crippen LogP contribution in [0.25, 0.3) is 10.9 Å². The molecule has 1 aromatic carbocycles. The Morgan fingerprint density at radius 1 is 1.22 bits per heavy atom. The summed E-state index contributed by atoms with van der Waals surface area (Å²) in [6, 6.07) is 7.71. The van der Waals surface area contributed by atoms with E-state index in [0.717, 1.165) is 29.7 Å². The van der Waals surface area contributed by atoms with Crippen molar-refractivity contribution in [2.75, 3.05) is 18.0 Å². The molecule has 0 aliphatic carbocycles. The van der Waals surface area contributed by atoms with Crippen LogP contribution in [0.1, 0.15) is 51.9 Å². The van der Waals surface area contributed by atoms with E-state index in [1.807, 2.05) is 45.9 Å². The highest BCUT2D eigenvalue weighted by molar-refractivity contribution is 6.04. The molecule has 1 aromatic heterocycles. The molecule has 1 fully saturated rings. The maximum Gasteiger partial charge on any atom is 0.339 e. The molecule has 2 aromatic rings. The molecular weight excluding hydrogens is 340 g/mol. The van der Waals surface area contributed by atoms with E-state index in [0.29, 0.717) is 5.56 Å². The Labute approximate surface area is 161 Å². The van der Waals surface area contributed by atoms with E-state index >= 15 is 0 Å². The zero-order chi connectivity index (χ0) is 20.0. The van der Waals surface area contributed by atoms with Gasteiger partial charge in [-0.2, -0.15) is 0 Å². The number of hydrogen-bond donors (Lipinski definition) is 1. The fraction of sp³-hybridized carbons (Fsp3) is 0.545. The van der Waals surface area contributed by atoms with Crippen LogP contribution in [0.2, 0.25) is 0 Å². The SMILES string of the molecule is CC1CN(c2ccc3nccc(C(=O)OC(C)(C)C)c3c2)CC(C)C1(C)O. The quantitative estimate of drug-likeness (QED) is 0.809. The highest BCUT2D eigenvalue weighted by Crippen LogP contribution is 2.35. The molecule has 3 rings (SSSR count). The number of ether oxygens (including phenoxy) is 1. The summed E-state index contributed by atoms with van der Waals surface area (Å²) in [6.07, 6.45) is 1.64. The number of piperidine rings is 1. The number of nitrogens with zero attached hydrogens (tertiary/aromatic N) is 2. The third kappa shape index (κ3) is 3.93. The second-order valence-electron chi connectivity index (χ2n) is 8.99. The molecule has 1 aliphatic heterocycles. The first-order chi connectivity index (χ1) is 12.5. The van der Waals surface area contributed by atoms with Gasteiger partial charge in [-0.05, 0) is 52.0 Å². The normalized spacial score (nSPS) is 26.3. The highest BCUT2D eigenvalue weighted by atomic mass is 16.6. The first kappa shape index (κ1) is 19.6. The van der Waals surface area contributed by atoms with Gasteiger partial charge in [0.25, 0.3) is 0 Å². The zero-order valence-corrected chi connectivity index (χ0v) is 17.1. The minimum atomic E-state index is -0.670. The number of rotatable bonds is 2. The predicted octanol–water partition coefficient (Wildman–Crippen LogP) is 4.03. The van der Waals surface area contributed by atoms with Crippen molar-refractivity contribution < 1.29 is 14.6 Å². The van der Waals surface area contributed by atoms with Gasteiger partial charge in [0.1, 0.15) is 5.60 Å². The second-order valence-corrected chi connectivity index (χ2v) is 8.99. The minimum absolute atomic E-state index is 0.149. The van der Waals surface area contributed by atoms with Crippen molar-refractivity contribution >= 4 is 22.6 Å². The lowest BCUT2D eigenvalue weighted by Crippen LogP contribution is -2.54. The summed E-state index contributed by atoms with van der Waals surface area (Å²) in [4.78, 5) is 19.3. The first-order valence-electron chi connectivity index (χ1n) is 9.58. The zero-order valence-electron chi connectivity index (χ0n) is 17.1. The molecular formula is C22H30N2O3. The second kappa shape index (κ2) is 6.79. The van der Waals surface area contributed by atoms with E-state index in [1.165, 1.54) is 0 Å². The van der Waals surface area contributed by atoms with Crippen LogP contribution in [-0.2, 0) is 4.74 Å². The molecule has 0 amide bonds. The summed E-state index contributed by atoms with van der Waals surface area (Å²) in [6.45, 7) is 13.2. The van der Waals surface area contributed by atoms with E-state index in [9.17, 15) is 9.90 Å². The van der Waals surface area contributed by atoms with Crippen LogP contribution in [0.15, 0.2) is 30.5 Å². The van der Waals surface area contributed by atoms with Gasteiger partial charge in [-0.1, -0.05) is 13.8 Å².